The molecule has 0 amide bonds. The zero-order valence-electron chi connectivity index (χ0n) is 14.9. The molecule has 2 nitrogen and oxygen atoms in total. The molecular formula is C21H29BrNO+. The summed E-state index contributed by atoms with van der Waals surface area (Å²) in [5.74, 6) is 3.23. The second-order valence-corrected chi connectivity index (χ2v) is 10.5. The number of benzene rings is 1. The second kappa shape index (κ2) is 5.95. The monoisotopic (exact) mass is 390 g/mol. The quantitative estimate of drug-likeness (QED) is 0.514. The normalized spacial score (nSPS) is 34.5. The summed E-state index contributed by atoms with van der Waals surface area (Å²) >= 11 is 3.44. The van der Waals surface area contributed by atoms with Crippen LogP contribution in [-0.4, -0.2) is 37.5 Å². The van der Waals surface area contributed by atoms with Crippen molar-refractivity contribution in [3.05, 3.63) is 34.3 Å². The minimum absolute atomic E-state index is 0.275. The van der Waals surface area contributed by atoms with Gasteiger partial charge < -0.3 is 4.48 Å². The predicted molar refractivity (Wildman–Crippen MR) is 101 cm³/mol. The van der Waals surface area contributed by atoms with E-state index in [1.54, 1.807) is 0 Å². The van der Waals surface area contributed by atoms with Crippen molar-refractivity contribution in [2.24, 2.45) is 23.2 Å². The van der Waals surface area contributed by atoms with Crippen molar-refractivity contribution in [1.29, 1.82) is 0 Å². The average molecular weight is 391 g/mol. The van der Waals surface area contributed by atoms with E-state index in [1.165, 1.54) is 45.1 Å². The lowest BCUT2D eigenvalue weighted by atomic mass is 9.49. The predicted octanol–water partition coefficient (Wildman–Crippen LogP) is 4.92. The highest BCUT2D eigenvalue weighted by molar-refractivity contribution is 9.10. The number of likely N-dealkylation sites (N-methyl/N-ethyl adjacent to an activating group) is 1. The zero-order valence-corrected chi connectivity index (χ0v) is 16.5. The van der Waals surface area contributed by atoms with Crippen LogP contribution < -0.4 is 0 Å². The number of quaternary nitrogens is 1. The third kappa shape index (κ3) is 3.35. The number of Topliss-reactive ketones (excluding diaryl/α,β-unsaturated/α-hetero) is 1. The number of halogens is 1. The molecule has 4 aliphatic carbocycles. The standard InChI is InChI=1S/C21H29BrNO/c1-23(2,13-20(24)18-3-5-19(22)6-4-18)14-21-10-15-7-16(11-21)9-17(8-15)12-21/h3-6,15-17H,7-14H2,1-2H3/q+1. The lowest BCUT2D eigenvalue weighted by Gasteiger charge is -2.58. The first kappa shape index (κ1) is 16.8. The molecule has 1 aromatic carbocycles. The van der Waals surface area contributed by atoms with Crippen LogP contribution in [0.3, 0.4) is 0 Å². The molecule has 0 heterocycles. The molecule has 0 unspecified atom stereocenters. The van der Waals surface area contributed by atoms with E-state index >= 15 is 0 Å². The van der Waals surface area contributed by atoms with Crippen LogP contribution >= 0.6 is 15.9 Å². The van der Waals surface area contributed by atoms with Gasteiger partial charge in [-0.1, -0.05) is 28.1 Å². The molecule has 4 aliphatic rings. The molecule has 0 N–H and O–H groups in total. The maximum Gasteiger partial charge on any atom is 0.216 e. The molecule has 3 heteroatoms. The first-order valence-corrected chi connectivity index (χ1v) is 10.2. The Labute approximate surface area is 154 Å². The summed E-state index contributed by atoms with van der Waals surface area (Å²) in [6.07, 6.45) is 8.74. The highest BCUT2D eigenvalue weighted by atomic mass is 79.9. The summed E-state index contributed by atoms with van der Waals surface area (Å²) in [4.78, 5) is 12.7. The minimum atomic E-state index is 0.275. The van der Waals surface area contributed by atoms with Crippen LogP contribution in [0.5, 0.6) is 0 Å². The molecule has 24 heavy (non-hydrogen) atoms. The average Bonchev–Trinajstić information content (AvgIpc) is 2.44. The van der Waals surface area contributed by atoms with Crippen molar-refractivity contribution < 1.29 is 9.28 Å². The van der Waals surface area contributed by atoms with E-state index < -0.39 is 0 Å². The smallest absolute Gasteiger partial charge is 0.216 e. The van der Waals surface area contributed by atoms with Gasteiger partial charge in [-0.25, -0.2) is 0 Å². The van der Waals surface area contributed by atoms with Gasteiger partial charge in [-0.15, -0.1) is 0 Å². The van der Waals surface area contributed by atoms with Gasteiger partial charge in [0.15, 0.2) is 0 Å². The molecule has 130 valence electrons. The van der Waals surface area contributed by atoms with Crippen molar-refractivity contribution in [2.45, 2.75) is 38.5 Å². The van der Waals surface area contributed by atoms with Crippen LogP contribution in [0.15, 0.2) is 28.7 Å². The van der Waals surface area contributed by atoms with Crippen LogP contribution in [0.2, 0.25) is 0 Å². The molecule has 0 spiro atoms. The minimum Gasteiger partial charge on any atom is -0.322 e. The zero-order chi connectivity index (χ0) is 16.9. The fourth-order valence-corrected chi connectivity index (χ4v) is 6.83. The second-order valence-electron chi connectivity index (χ2n) is 9.60. The van der Waals surface area contributed by atoms with Gasteiger partial charge in [-0.05, 0) is 68.4 Å². The number of carbonyl (C=O) groups excluding carboxylic acids is 1. The van der Waals surface area contributed by atoms with Gasteiger partial charge in [-0.2, -0.15) is 0 Å². The number of nitrogens with zero attached hydrogens (tertiary/aromatic N) is 1. The molecule has 0 aromatic heterocycles. The van der Waals surface area contributed by atoms with Gasteiger partial charge in [0.25, 0.3) is 0 Å². The third-order valence-electron chi connectivity index (χ3n) is 6.67. The Morgan fingerprint density at radius 3 is 2.04 bits per heavy atom. The molecule has 0 saturated heterocycles. The van der Waals surface area contributed by atoms with Crippen LogP contribution in [0.25, 0.3) is 0 Å². The molecule has 4 bridgehead atoms. The van der Waals surface area contributed by atoms with E-state index in [9.17, 15) is 4.79 Å². The molecule has 0 radical (unpaired) electrons. The van der Waals surface area contributed by atoms with Crippen molar-refractivity contribution in [3.8, 4) is 0 Å². The first-order chi connectivity index (χ1) is 11.3. The maximum absolute atomic E-state index is 12.7. The van der Waals surface area contributed by atoms with E-state index in [4.69, 9.17) is 0 Å². The highest BCUT2D eigenvalue weighted by Crippen LogP contribution is 2.60. The van der Waals surface area contributed by atoms with Crippen LogP contribution in [-0.2, 0) is 0 Å². The Morgan fingerprint density at radius 2 is 1.54 bits per heavy atom. The van der Waals surface area contributed by atoms with E-state index in [-0.39, 0.29) is 5.78 Å². The Morgan fingerprint density at radius 1 is 1.04 bits per heavy atom. The SMILES string of the molecule is C[N+](C)(CC(=O)c1ccc(Br)cc1)CC12CC3CC(CC(C3)C1)C2. The maximum atomic E-state index is 12.7. The lowest BCUT2D eigenvalue weighted by Crippen LogP contribution is -2.56. The summed E-state index contributed by atoms with van der Waals surface area (Å²) < 4.78 is 1.86. The fourth-order valence-electron chi connectivity index (χ4n) is 6.56. The van der Waals surface area contributed by atoms with Gasteiger partial charge in [-0.3, -0.25) is 4.79 Å². The van der Waals surface area contributed by atoms with Crippen LogP contribution in [0.4, 0.5) is 0 Å². The number of ketones is 1. The number of carbonyl (C=O) groups is 1. The van der Waals surface area contributed by atoms with Crippen LogP contribution in [0.1, 0.15) is 48.9 Å². The molecular weight excluding hydrogens is 362 g/mol. The molecule has 0 atom stereocenters. The van der Waals surface area contributed by atoms with Crippen molar-refractivity contribution in [1.82, 2.24) is 0 Å². The third-order valence-corrected chi connectivity index (χ3v) is 7.20. The fraction of sp³-hybridized carbons (Fsp3) is 0.667. The Hall–Kier alpha value is -0.670. The number of hydrogen-bond acceptors (Lipinski definition) is 1. The Bertz CT molecular complexity index is 598. The number of rotatable bonds is 5. The van der Waals surface area contributed by atoms with Gasteiger partial charge in [0.2, 0.25) is 5.78 Å². The summed E-state index contributed by atoms with van der Waals surface area (Å²) in [6.45, 7) is 1.79. The van der Waals surface area contributed by atoms with Gasteiger partial charge in [0.05, 0.1) is 20.6 Å². The van der Waals surface area contributed by atoms with E-state index in [2.05, 4.69) is 30.0 Å². The number of hydrogen-bond donors (Lipinski definition) is 0. The molecule has 5 rings (SSSR count). The lowest BCUT2D eigenvalue weighted by molar-refractivity contribution is -0.889. The summed E-state index contributed by atoms with van der Waals surface area (Å²) in [5, 5.41) is 0. The van der Waals surface area contributed by atoms with Gasteiger partial charge in [0.1, 0.15) is 6.54 Å². The first-order valence-electron chi connectivity index (χ1n) is 9.43. The molecule has 4 saturated carbocycles. The topological polar surface area (TPSA) is 17.1 Å². The Balaban J connectivity index is 1.45. The summed E-state index contributed by atoms with van der Waals surface area (Å²) in [7, 11) is 4.52. The highest BCUT2D eigenvalue weighted by Gasteiger charge is 2.53. The summed E-state index contributed by atoms with van der Waals surface area (Å²) in [6, 6.07) is 7.81. The van der Waals surface area contributed by atoms with E-state index in [0.29, 0.717) is 12.0 Å². The molecule has 0 aliphatic heterocycles. The van der Waals surface area contributed by atoms with Gasteiger partial charge in [0, 0.05) is 15.5 Å². The Kier molecular flexibility index (Phi) is 4.16. The summed E-state index contributed by atoms with van der Waals surface area (Å²) in [5.41, 5.74) is 1.37. The van der Waals surface area contributed by atoms with E-state index in [0.717, 1.165) is 32.3 Å². The molecule has 1 aromatic rings. The molecule has 4 fully saturated rings. The van der Waals surface area contributed by atoms with Crippen molar-refractivity contribution in [3.63, 3.8) is 0 Å². The largest absolute Gasteiger partial charge is 0.322 e. The van der Waals surface area contributed by atoms with Crippen molar-refractivity contribution >= 4 is 21.7 Å². The van der Waals surface area contributed by atoms with Crippen LogP contribution in [0, 0.1) is 23.2 Å². The van der Waals surface area contributed by atoms with Gasteiger partial charge >= 0.3 is 0 Å². The van der Waals surface area contributed by atoms with E-state index in [1.807, 2.05) is 24.3 Å². The van der Waals surface area contributed by atoms with Crippen molar-refractivity contribution in [2.75, 3.05) is 27.2 Å².